The van der Waals surface area contributed by atoms with E-state index in [1.54, 1.807) is 10.7 Å². The van der Waals surface area contributed by atoms with Gasteiger partial charge in [-0.1, -0.05) is 20.8 Å². The van der Waals surface area contributed by atoms with Crippen molar-refractivity contribution in [1.82, 2.24) is 14.6 Å². The number of aromatic nitrogens is 3. The van der Waals surface area contributed by atoms with Crippen LogP contribution in [0.3, 0.4) is 0 Å². The van der Waals surface area contributed by atoms with Gasteiger partial charge in [-0.25, -0.2) is 14.6 Å². The largest absolute Gasteiger partial charge is 0.459 e. The molecule has 122 valence electrons. The van der Waals surface area contributed by atoms with Crippen molar-refractivity contribution in [1.29, 1.82) is 0 Å². The first kappa shape index (κ1) is 15.6. The van der Waals surface area contributed by atoms with E-state index in [0.717, 1.165) is 12.8 Å². The predicted molar refractivity (Wildman–Crippen MR) is 86.5 cm³/mol. The average Bonchev–Trinajstić information content (AvgIpc) is 2.97. The Labute approximate surface area is 135 Å². The second-order valence-electron chi connectivity index (χ2n) is 6.90. The van der Waals surface area contributed by atoms with E-state index in [2.05, 4.69) is 35.7 Å². The van der Waals surface area contributed by atoms with E-state index in [4.69, 9.17) is 11.3 Å². The van der Waals surface area contributed by atoms with Crippen LogP contribution in [0.5, 0.6) is 0 Å². The summed E-state index contributed by atoms with van der Waals surface area (Å²) in [4.78, 5) is 20.5. The van der Waals surface area contributed by atoms with Crippen LogP contribution in [-0.2, 0) is 4.74 Å². The monoisotopic (exact) mass is 314 g/mol. The number of hydrogen-bond acceptors (Lipinski definition) is 3. The van der Waals surface area contributed by atoms with Crippen LogP contribution in [0, 0.1) is 31.2 Å². The number of fused-ring (bicyclic) bond motifs is 1. The van der Waals surface area contributed by atoms with Gasteiger partial charge in [-0.05, 0) is 37.5 Å². The third kappa shape index (κ3) is 2.72. The Bertz CT molecular complexity index is 770. The summed E-state index contributed by atoms with van der Waals surface area (Å²) in [5.74, 6) is 1.56. The number of hydrogen-bond donors (Lipinski definition) is 1. The zero-order valence-corrected chi connectivity index (χ0v) is 14.0. The maximum atomic E-state index is 12.7. The molecule has 0 aromatic carbocycles. The molecule has 23 heavy (non-hydrogen) atoms. The summed E-state index contributed by atoms with van der Waals surface area (Å²) in [5.41, 5.74) is 1.00. The fourth-order valence-corrected chi connectivity index (χ4v) is 3.93. The molecule has 1 N–H and O–H groups in total. The van der Waals surface area contributed by atoms with Crippen LogP contribution in [0.25, 0.3) is 10.5 Å². The maximum Gasteiger partial charge on any atom is 0.331 e. The third-order valence-corrected chi connectivity index (χ3v) is 4.75. The number of aromatic amines is 1. The molecule has 2 aromatic rings. The normalized spacial score (nSPS) is 27.8. The van der Waals surface area contributed by atoms with Crippen molar-refractivity contribution in [3.8, 4) is 0 Å². The minimum Gasteiger partial charge on any atom is -0.459 e. The highest BCUT2D eigenvalue weighted by Gasteiger charge is 2.35. The number of nitrogens with zero attached hydrogens (tertiary/aromatic N) is 3. The summed E-state index contributed by atoms with van der Waals surface area (Å²) in [6.45, 7) is 15.6. The van der Waals surface area contributed by atoms with Crippen molar-refractivity contribution < 1.29 is 9.53 Å². The van der Waals surface area contributed by atoms with Gasteiger partial charge in [0.2, 0.25) is 5.69 Å². The summed E-state index contributed by atoms with van der Waals surface area (Å²) in [5, 5.41) is 2.99. The van der Waals surface area contributed by atoms with E-state index in [0.29, 0.717) is 29.2 Å². The molecular weight excluding hydrogens is 292 g/mol. The summed E-state index contributed by atoms with van der Waals surface area (Å²) in [7, 11) is 0. The second-order valence-corrected chi connectivity index (χ2v) is 6.90. The van der Waals surface area contributed by atoms with Crippen molar-refractivity contribution in [2.24, 2.45) is 17.8 Å². The number of nitrogens with one attached hydrogen (secondary N) is 1. The lowest BCUT2D eigenvalue weighted by atomic mass is 9.75. The summed E-state index contributed by atoms with van der Waals surface area (Å²) in [6, 6.07) is 0. The number of aryl methyl sites for hydroxylation is 1. The molecule has 2 atom stereocenters. The first-order valence-corrected chi connectivity index (χ1v) is 8.06. The third-order valence-electron chi connectivity index (χ3n) is 4.75. The fraction of sp³-hybridized carbons (Fsp3) is 0.588. The van der Waals surface area contributed by atoms with Gasteiger partial charge in [0.05, 0.1) is 6.57 Å². The molecule has 0 spiro atoms. The summed E-state index contributed by atoms with van der Waals surface area (Å²) in [6.07, 6.45) is 3.61. The Morgan fingerprint density at radius 2 is 2.04 bits per heavy atom. The molecule has 0 bridgehead atoms. The fourth-order valence-electron chi connectivity index (χ4n) is 3.93. The Hall–Kier alpha value is -2.29. The number of H-pyrrole nitrogens is 1. The molecule has 2 aromatic heterocycles. The molecule has 0 saturated heterocycles. The highest BCUT2D eigenvalue weighted by molar-refractivity contribution is 6.02. The maximum absolute atomic E-state index is 12.7. The van der Waals surface area contributed by atoms with Gasteiger partial charge < -0.3 is 4.74 Å². The summed E-state index contributed by atoms with van der Waals surface area (Å²) >= 11 is 0. The van der Waals surface area contributed by atoms with Crippen molar-refractivity contribution >= 4 is 17.3 Å². The predicted octanol–water partition coefficient (Wildman–Crippen LogP) is 3.75. The van der Waals surface area contributed by atoms with Crippen LogP contribution in [-0.4, -0.2) is 26.7 Å². The SMILES string of the molecule is [C-]#[N+]c1cn2[nH]c(C)nc2c1C(=O)OC1C(C)CC(C)CC1C. The van der Waals surface area contributed by atoms with Crippen LogP contribution in [0.2, 0.25) is 0 Å². The number of carbonyl (C=O) groups is 1. The molecule has 1 fully saturated rings. The van der Waals surface area contributed by atoms with Gasteiger partial charge >= 0.3 is 5.97 Å². The highest BCUT2D eigenvalue weighted by Crippen LogP contribution is 2.36. The minimum atomic E-state index is -0.441. The Kier molecular flexibility index (Phi) is 3.88. The minimum absolute atomic E-state index is 0.104. The van der Waals surface area contributed by atoms with E-state index in [9.17, 15) is 4.79 Å². The Morgan fingerprint density at radius 3 is 2.65 bits per heavy atom. The lowest BCUT2D eigenvalue weighted by molar-refractivity contribution is -0.0249. The van der Waals surface area contributed by atoms with Gasteiger partial charge in [-0.2, -0.15) is 0 Å². The first-order chi connectivity index (χ1) is 10.9. The lowest BCUT2D eigenvalue weighted by Gasteiger charge is -2.37. The second kappa shape index (κ2) is 5.73. The number of esters is 1. The van der Waals surface area contributed by atoms with Crippen LogP contribution in [0.1, 0.15) is 49.8 Å². The topological polar surface area (TPSA) is 63.8 Å². The molecule has 1 aliphatic carbocycles. The zero-order valence-electron chi connectivity index (χ0n) is 14.0. The molecule has 0 amide bonds. The lowest BCUT2D eigenvalue weighted by Crippen LogP contribution is -2.37. The van der Waals surface area contributed by atoms with Gasteiger partial charge in [0, 0.05) is 6.20 Å². The quantitative estimate of drug-likeness (QED) is 0.678. The number of ether oxygens (including phenoxy) is 1. The Morgan fingerprint density at radius 1 is 1.39 bits per heavy atom. The van der Waals surface area contributed by atoms with Gasteiger partial charge in [-0.15, -0.1) is 0 Å². The van der Waals surface area contributed by atoms with E-state index in [-0.39, 0.29) is 17.4 Å². The van der Waals surface area contributed by atoms with Crippen molar-refractivity contribution in [3.05, 3.63) is 29.0 Å². The Balaban J connectivity index is 1.90. The van der Waals surface area contributed by atoms with E-state index >= 15 is 0 Å². The molecule has 1 saturated carbocycles. The molecule has 6 nitrogen and oxygen atoms in total. The van der Waals surface area contributed by atoms with Crippen LogP contribution in [0.15, 0.2) is 6.20 Å². The smallest absolute Gasteiger partial charge is 0.331 e. The number of carbonyl (C=O) groups excluding carboxylic acids is 1. The van der Waals surface area contributed by atoms with Gasteiger partial charge in [0.1, 0.15) is 17.5 Å². The molecule has 0 radical (unpaired) electrons. The molecule has 1 aliphatic rings. The standard InChI is InChI=1S/C17H22N4O2/c1-9-6-10(2)15(11(3)7-9)23-17(22)14-13(18-5)8-21-16(14)19-12(4)20-21/h8-11,15H,6-7H2,1-4H3,(H,19,20). The van der Waals surface area contributed by atoms with E-state index < -0.39 is 5.97 Å². The van der Waals surface area contributed by atoms with Gasteiger partial charge in [0.15, 0.2) is 5.65 Å². The van der Waals surface area contributed by atoms with Crippen LogP contribution < -0.4 is 0 Å². The van der Waals surface area contributed by atoms with E-state index in [1.807, 2.05) is 6.92 Å². The molecule has 0 aliphatic heterocycles. The summed E-state index contributed by atoms with van der Waals surface area (Å²) < 4.78 is 7.43. The molecule has 2 heterocycles. The highest BCUT2D eigenvalue weighted by atomic mass is 16.5. The van der Waals surface area contributed by atoms with Crippen molar-refractivity contribution in [2.75, 3.05) is 0 Å². The van der Waals surface area contributed by atoms with E-state index in [1.165, 1.54) is 0 Å². The van der Waals surface area contributed by atoms with Gasteiger partial charge in [-0.3, -0.25) is 9.61 Å². The molecule has 6 heteroatoms. The van der Waals surface area contributed by atoms with Crippen LogP contribution >= 0.6 is 0 Å². The van der Waals surface area contributed by atoms with Crippen LogP contribution in [0.4, 0.5) is 5.69 Å². The van der Waals surface area contributed by atoms with Crippen molar-refractivity contribution in [2.45, 2.75) is 46.6 Å². The number of rotatable bonds is 2. The first-order valence-electron chi connectivity index (χ1n) is 8.06. The molecule has 2 unspecified atom stereocenters. The average molecular weight is 314 g/mol. The molecular formula is C17H22N4O2. The van der Waals surface area contributed by atoms with Gasteiger partial charge in [0.25, 0.3) is 0 Å². The molecule has 3 rings (SSSR count). The van der Waals surface area contributed by atoms with Crippen molar-refractivity contribution in [3.63, 3.8) is 0 Å². The zero-order chi connectivity index (χ0) is 16.7.